The van der Waals surface area contributed by atoms with Crippen LogP contribution in [0.1, 0.15) is 44.7 Å². The van der Waals surface area contributed by atoms with Crippen LogP contribution in [0, 0.1) is 5.92 Å². The predicted octanol–water partition coefficient (Wildman–Crippen LogP) is 4.96. The second-order valence-corrected chi connectivity index (χ2v) is 8.66. The summed E-state index contributed by atoms with van der Waals surface area (Å²) >= 11 is 3.45. The third-order valence-electron chi connectivity index (χ3n) is 4.69. The maximum Gasteiger partial charge on any atom is 0.243 e. The number of carbonyl (C=O) groups excluding carboxylic acids is 2. The van der Waals surface area contributed by atoms with Gasteiger partial charge in [-0.2, -0.15) is 0 Å². The average Bonchev–Trinajstić information content (AvgIpc) is 2.71. The van der Waals surface area contributed by atoms with Crippen molar-refractivity contribution in [2.75, 3.05) is 6.54 Å². The highest BCUT2D eigenvalue weighted by molar-refractivity contribution is 9.10. The van der Waals surface area contributed by atoms with Gasteiger partial charge in [0.25, 0.3) is 0 Å². The fourth-order valence-electron chi connectivity index (χ4n) is 3.12. The molecule has 0 aliphatic carbocycles. The molecule has 0 radical (unpaired) electrons. The molecular weight excluding hydrogens is 428 g/mol. The van der Waals surface area contributed by atoms with Crippen molar-refractivity contribution in [3.8, 4) is 0 Å². The van der Waals surface area contributed by atoms with E-state index in [9.17, 15) is 9.59 Å². The number of hydrogen-bond acceptors (Lipinski definition) is 2. The van der Waals surface area contributed by atoms with E-state index in [2.05, 4.69) is 35.1 Å². The number of nitrogens with zero attached hydrogens (tertiary/aromatic N) is 1. The molecule has 156 valence electrons. The third kappa shape index (κ3) is 7.65. The molecule has 0 aromatic heterocycles. The summed E-state index contributed by atoms with van der Waals surface area (Å²) in [6.07, 6.45) is 1.68. The lowest BCUT2D eigenvalue weighted by atomic mass is 10.0. The number of halogens is 1. The van der Waals surface area contributed by atoms with E-state index in [4.69, 9.17) is 0 Å². The molecule has 4 nitrogen and oxygen atoms in total. The van der Waals surface area contributed by atoms with Gasteiger partial charge in [0.1, 0.15) is 6.04 Å². The molecule has 0 aliphatic rings. The molecule has 0 heterocycles. The summed E-state index contributed by atoms with van der Waals surface area (Å²) in [6, 6.07) is 17.2. The van der Waals surface area contributed by atoms with Crippen LogP contribution in [0.3, 0.4) is 0 Å². The van der Waals surface area contributed by atoms with Crippen LogP contribution >= 0.6 is 15.9 Å². The van der Waals surface area contributed by atoms with Crippen LogP contribution in [0.15, 0.2) is 59.1 Å². The molecular formula is C24H31BrN2O2. The minimum absolute atomic E-state index is 0.0102. The summed E-state index contributed by atoms with van der Waals surface area (Å²) in [6.45, 7) is 7.13. The molecule has 5 heteroatoms. The lowest BCUT2D eigenvalue weighted by Gasteiger charge is -2.32. The summed E-state index contributed by atoms with van der Waals surface area (Å²) in [5, 5.41) is 3.03. The largest absolute Gasteiger partial charge is 0.354 e. The van der Waals surface area contributed by atoms with Gasteiger partial charge in [-0.3, -0.25) is 9.59 Å². The molecule has 0 saturated carbocycles. The van der Waals surface area contributed by atoms with Crippen LogP contribution in [-0.2, 0) is 22.6 Å². The van der Waals surface area contributed by atoms with E-state index in [0.29, 0.717) is 31.8 Å². The molecule has 2 rings (SSSR count). The highest BCUT2D eigenvalue weighted by Crippen LogP contribution is 2.18. The highest BCUT2D eigenvalue weighted by atomic mass is 79.9. The van der Waals surface area contributed by atoms with Crippen molar-refractivity contribution in [2.45, 2.75) is 52.6 Å². The lowest BCUT2D eigenvalue weighted by molar-refractivity contribution is -0.141. The van der Waals surface area contributed by atoms with Crippen LogP contribution in [0.25, 0.3) is 0 Å². The molecule has 29 heavy (non-hydrogen) atoms. The zero-order chi connectivity index (χ0) is 21.2. The summed E-state index contributed by atoms with van der Waals surface area (Å²) in [5.41, 5.74) is 2.05. The zero-order valence-corrected chi connectivity index (χ0v) is 19.1. The van der Waals surface area contributed by atoms with Crippen molar-refractivity contribution in [3.63, 3.8) is 0 Å². The molecule has 2 aromatic rings. The molecule has 0 spiro atoms. The number of nitrogens with one attached hydrogen (secondary N) is 1. The Bertz CT molecular complexity index is 775. The minimum Gasteiger partial charge on any atom is -0.354 e. The van der Waals surface area contributed by atoms with Gasteiger partial charge < -0.3 is 10.2 Å². The number of hydrogen-bond donors (Lipinski definition) is 1. The topological polar surface area (TPSA) is 49.4 Å². The summed E-state index contributed by atoms with van der Waals surface area (Å²) in [5.74, 6) is 0.266. The quantitative estimate of drug-likeness (QED) is 0.546. The van der Waals surface area contributed by atoms with Gasteiger partial charge in [-0.15, -0.1) is 0 Å². The smallest absolute Gasteiger partial charge is 0.243 e. The second kappa shape index (κ2) is 11.8. The first kappa shape index (κ1) is 23.1. The Morgan fingerprint density at radius 3 is 2.24 bits per heavy atom. The van der Waals surface area contributed by atoms with Crippen molar-refractivity contribution in [1.29, 1.82) is 0 Å². The Morgan fingerprint density at radius 2 is 1.66 bits per heavy atom. The number of benzene rings is 2. The number of amides is 2. The first-order valence-electron chi connectivity index (χ1n) is 10.3. The van der Waals surface area contributed by atoms with Gasteiger partial charge in [-0.25, -0.2) is 0 Å². The summed E-state index contributed by atoms with van der Waals surface area (Å²) in [4.78, 5) is 27.9. The van der Waals surface area contributed by atoms with Crippen LogP contribution in [-0.4, -0.2) is 29.3 Å². The van der Waals surface area contributed by atoms with Crippen LogP contribution in [0.5, 0.6) is 0 Å². The second-order valence-electron chi connectivity index (χ2n) is 7.74. The van der Waals surface area contributed by atoms with Crippen molar-refractivity contribution in [1.82, 2.24) is 10.2 Å². The first-order chi connectivity index (χ1) is 13.9. The van der Waals surface area contributed by atoms with Gasteiger partial charge in [0.15, 0.2) is 0 Å². The first-order valence-corrected chi connectivity index (χ1v) is 11.1. The SMILES string of the molecule is CCCC(=O)N(Cc1ccc(Br)cc1)[C@H](Cc1ccccc1)C(=O)NCC(C)C. The molecule has 1 atom stereocenters. The monoisotopic (exact) mass is 458 g/mol. The van der Waals surface area contributed by atoms with E-state index in [1.807, 2.05) is 61.5 Å². The molecule has 0 aliphatic heterocycles. The Labute approximate surface area is 182 Å². The van der Waals surface area contributed by atoms with E-state index >= 15 is 0 Å². The minimum atomic E-state index is -0.543. The molecule has 0 bridgehead atoms. The van der Waals surface area contributed by atoms with Crippen LogP contribution in [0.4, 0.5) is 0 Å². The lowest BCUT2D eigenvalue weighted by Crippen LogP contribution is -2.51. The third-order valence-corrected chi connectivity index (χ3v) is 5.21. The standard InChI is InChI=1S/C24H31BrN2O2/c1-4-8-23(28)27(17-20-11-13-21(25)14-12-20)22(24(29)26-16-18(2)3)15-19-9-6-5-7-10-19/h5-7,9-14,18,22H,4,8,15-17H2,1-3H3,(H,26,29)/t22-/m1/s1. The van der Waals surface area contributed by atoms with Gasteiger partial charge >= 0.3 is 0 Å². The van der Waals surface area contributed by atoms with Crippen LogP contribution < -0.4 is 5.32 Å². The van der Waals surface area contributed by atoms with Crippen molar-refractivity contribution < 1.29 is 9.59 Å². The van der Waals surface area contributed by atoms with E-state index < -0.39 is 6.04 Å². The van der Waals surface area contributed by atoms with Crippen molar-refractivity contribution >= 4 is 27.7 Å². The average molecular weight is 459 g/mol. The summed E-state index contributed by atoms with van der Waals surface area (Å²) < 4.78 is 0.989. The maximum absolute atomic E-state index is 13.1. The Morgan fingerprint density at radius 1 is 1.00 bits per heavy atom. The molecule has 0 unspecified atom stereocenters. The molecule has 2 amide bonds. The molecule has 2 aromatic carbocycles. The Hall–Kier alpha value is -2.14. The van der Waals surface area contributed by atoms with Gasteiger partial charge in [0, 0.05) is 30.4 Å². The number of rotatable bonds is 10. The Balaban J connectivity index is 2.33. The zero-order valence-electron chi connectivity index (χ0n) is 17.5. The fourth-order valence-corrected chi connectivity index (χ4v) is 3.38. The van der Waals surface area contributed by atoms with Gasteiger partial charge in [-0.05, 0) is 35.6 Å². The van der Waals surface area contributed by atoms with Crippen molar-refractivity contribution in [3.05, 3.63) is 70.2 Å². The van der Waals surface area contributed by atoms with Gasteiger partial charge in [0.05, 0.1) is 0 Å². The normalized spacial score (nSPS) is 11.9. The highest BCUT2D eigenvalue weighted by Gasteiger charge is 2.29. The van der Waals surface area contributed by atoms with E-state index in [-0.39, 0.29) is 11.8 Å². The van der Waals surface area contributed by atoms with Crippen LogP contribution in [0.2, 0.25) is 0 Å². The predicted molar refractivity (Wildman–Crippen MR) is 121 cm³/mol. The number of carbonyl (C=O) groups is 2. The van der Waals surface area contributed by atoms with E-state index in [0.717, 1.165) is 22.0 Å². The molecule has 0 fully saturated rings. The van der Waals surface area contributed by atoms with E-state index in [1.54, 1.807) is 4.90 Å². The molecule has 0 saturated heterocycles. The van der Waals surface area contributed by atoms with Gasteiger partial charge in [0.2, 0.25) is 11.8 Å². The fraction of sp³-hybridized carbons (Fsp3) is 0.417. The van der Waals surface area contributed by atoms with E-state index in [1.165, 1.54) is 0 Å². The summed E-state index contributed by atoms with van der Waals surface area (Å²) in [7, 11) is 0. The Kier molecular flexibility index (Phi) is 9.39. The van der Waals surface area contributed by atoms with Gasteiger partial charge in [-0.1, -0.05) is 79.2 Å². The maximum atomic E-state index is 13.1. The van der Waals surface area contributed by atoms with Crippen molar-refractivity contribution in [2.24, 2.45) is 5.92 Å². The molecule has 1 N–H and O–H groups in total.